The van der Waals surface area contributed by atoms with Crippen molar-refractivity contribution in [1.82, 2.24) is 10.2 Å². The highest BCUT2D eigenvalue weighted by Crippen LogP contribution is 2.35. The van der Waals surface area contributed by atoms with E-state index in [1.54, 1.807) is 12.1 Å². The smallest absolute Gasteiger partial charge is 0.254 e. The zero-order valence-electron chi connectivity index (χ0n) is 18.4. The van der Waals surface area contributed by atoms with Gasteiger partial charge in [-0.1, -0.05) is 31.4 Å². The Bertz CT molecular complexity index is 845. The van der Waals surface area contributed by atoms with Crippen molar-refractivity contribution in [3.63, 3.8) is 0 Å². The molecule has 0 unspecified atom stereocenters. The van der Waals surface area contributed by atoms with Gasteiger partial charge in [-0.3, -0.25) is 14.4 Å². The van der Waals surface area contributed by atoms with Crippen LogP contribution in [0.25, 0.3) is 0 Å². The SMILES string of the molecule is CC(=O)[C@H](NC(=O)c1cccc([C@@H]2CCCN(C(=O)C3CC3)C2)c1F)C1CCCCC1. The standard InChI is InChI=1S/C25H33FN2O3/c1-16(29)23(17-7-3-2-4-8-17)27-24(30)21-11-5-10-20(22(21)26)19-9-6-14-28(15-19)25(31)18-12-13-18/h5,10-11,17-19,23H,2-4,6-9,12-15H2,1H3,(H,27,30)/t19-,23+/m1/s1. The van der Waals surface area contributed by atoms with E-state index in [0.717, 1.165) is 64.3 Å². The number of rotatable bonds is 6. The third-order valence-electron chi connectivity index (χ3n) is 7.22. The van der Waals surface area contributed by atoms with Crippen molar-refractivity contribution in [2.75, 3.05) is 13.1 Å². The van der Waals surface area contributed by atoms with E-state index in [1.807, 2.05) is 4.90 Å². The molecule has 2 amide bonds. The van der Waals surface area contributed by atoms with E-state index in [2.05, 4.69) is 5.32 Å². The van der Waals surface area contributed by atoms with Crippen LogP contribution in [-0.4, -0.2) is 41.6 Å². The Hall–Kier alpha value is -2.24. The van der Waals surface area contributed by atoms with Crippen LogP contribution in [0.3, 0.4) is 0 Å². The lowest BCUT2D eigenvalue weighted by Gasteiger charge is -2.33. The van der Waals surface area contributed by atoms with Gasteiger partial charge in [0, 0.05) is 24.9 Å². The van der Waals surface area contributed by atoms with Gasteiger partial charge in [-0.05, 0) is 63.0 Å². The summed E-state index contributed by atoms with van der Waals surface area (Å²) in [6, 6.07) is 4.36. The highest BCUT2D eigenvalue weighted by molar-refractivity contribution is 5.98. The number of halogens is 1. The Balaban J connectivity index is 1.49. The lowest BCUT2D eigenvalue weighted by atomic mass is 9.82. The number of hydrogen-bond acceptors (Lipinski definition) is 3. The first-order chi connectivity index (χ1) is 15.0. The summed E-state index contributed by atoms with van der Waals surface area (Å²) >= 11 is 0. The first-order valence-corrected chi connectivity index (χ1v) is 11.8. The van der Waals surface area contributed by atoms with Gasteiger partial charge in [0.25, 0.3) is 5.91 Å². The summed E-state index contributed by atoms with van der Waals surface area (Å²) < 4.78 is 15.5. The predicted molar refractivity (Wildman–Crippen MR) is 116 cm³/mol. The number of nitrogens with one attached hydrogen (secondary N) is 1. The zero-order chi connectivity index (χ0) is 22.0. The maximum absolute atomic E-state index is 15.5. The second-order valence-electron chi connectivity index (χ2n) is 9.57. The Labute approximate surface area is 183 Å². The van der Waals surface area contributed by atoms with Crippen LogP contribution >= 0.6 is 0 Å². The van der Waals surface area contributed by atoms with Crippen molar-refractivity contribution in [3.05, 3.63) is 35.1 Å². The van der Waals surface area contributed by atoms with Crippen LogP contribution < -0.4 is 5.32 Å². The van der Waals surface area contributed by atoms with Gasteiger partial charge in [0.05, 0.1) is 11.6 Å². The Morgan fingerprint density at radius 1 is 1.03 bits per heavy atom. The molecule has 0 bridgehead atoms. The molecular formula is C25H33FN2O3. The molecule has 1 aromatic carbocycles. The topological polar surface area (TPSA) is 66.5 Å². The molecule has 3 aliphatic rings. The molecule has 1 N–H and O–H groups in total. The van der Waals surface area contributed by atoms with Gasteiger partial charge in [-0.25, -0.2) is 4.39 Å². The van der Waals surface area contributed by atoms with Gasteiger partial charge in [0.15, 0.2) is 5.78 Å². The second-order valence-corrected chi connectivity index (χ2v) is 9.57. The van der Waals surface area contributed by atoms with E-state index in [1.165, 1.54) is 13.0 Å². The van der Waals surface area contributed by atoms with E-state index >= 15 is 4.39 Å². The summed E-state index contributed by atoms with van der Waals surface area (Å²) in [5.74, 6) is -0.741. The molecule has 1 aromatic rings. The largest absolute Gasteiger partial charge is 0.342 e. The molecule has 1 heterocycles. The Morgan fingerprint density at radius 3 is 2.45 bits per heavy atom. The van der Waals surface area contributed by atoms with Crippen LogP contribution in [0, 0.1) is 17.7 Å². The monoisotopic (exact) mass is 428 g/mol. The molecule has 6 heteroatoms. The molecule has 2 aliphatic carbocycles. The van der Waals surface area contributed by atoms with E-state index in [4.69, 9.17) is 0 Å². The van der Waals surface area contributed by atoms with E-state index in [9.17, 15) is 14.4 Å². The quantitative estimate of drug-likeness (QED) is 0.738. The van der Waals surface area contributed by atoms with Crippen molar-refractivity contribution in [2.45, 2.75) is 76.7 Å². The van der Waals surface area contributed by atoms with Crippen LogP contribution in [0.1, 0.15) is 86.6 Å². The second kappa shape index (κ2) is 9.49. The third-order valence-corrected chi connectivity index (χ3v) is 7.22. The Morgan fingerprint density at radius 2 is 1.77 bits per heavy atom. The maximum atomic E-state index is 15.5. The minimum Gasteiger partial charge on any atom is -0.342 e. The van der Waals surface area contributed by atoms with Gasteiger partial charge in [-0.2, -0.15) is 0 Å². The number of hydrogen-bond donors (Lipinski definition) is 1. The van der Waals surface area contributed by atoms with Crippen molar-refractivity contribution < 1.29 is 18.8 Å². The number of benzene rings is 1. The number of amides is 2. The van der Waals surface area contributed by atoms with Gasteiger partial charge in [0.1, 0.15) is 5.82 Å². The molecule has 4 rings (SSSR count). The number of likely N-dealkylation sites (tertiary alicyclic amines) is 1. The number of carbonyl (C=O) groups is 3. The number of Topliss-reactive ketones (excluding diaryl/α,β-unsaturated/α-hetero) is 1. The van der Waals surface area contributed by atoms with E-state index < -0.39 is 17.8 Å². The molecule has 5 nitrogen and oxygen atoms in total. The van der Waals surface area contributed by atoms with Crippen molar-refractivity contribution in [1.29, 1.82) is 0 Å². The molecule has 2 saturated carbocycles. The number of piperidine rings is 1. The number of ketones is 1. The highest BCUT2D eigenvalue weighted by Gasteiger charge is 2.36. The van der Waals surface area contributed by atoms with Crippen LogP contribution in [0.5, 0.6) is 0 Å². The summed E-state index contributed by atoms with van der Waals surface area (Å²) in [4.78, 5) is 39.5. The molecule has 1 aliphatic heterocycles. The van der Waals surface area contributed by atoms with Gasteiger partial charge in [0.2, 0.25) is 5.91 Å². The summed E-state index contributed by atoms with van der Waals surface area (Å²) in [5, 5.41) is 2.83. The van der Waals surface area contributed by atoms with Crippen LogP contribution in [-0.2, 0) is 9.59 Å². The van der Waals surface area contributed by atoms with Crippen LogP contribution in [0.15, 0.2) is 18.2 Å². The summed E-state index contributed by atoms with van der Waals surface area (Å²) in [6.07, 6.45) is 8.68. The molecule has 168 valence electrons. The molecule has 3 fully saturated rings. The molecule has 0 radical (unpaired) electrons. The molecule has 0 aromatic heterocycles. The fourth-order valence-electron chi connectivity index (χ4n) is 5.30. The normalized spacial score (nSPS) is 23.3. The first-order valence-electron chi connectivity index (χ1n) is 11.8. The fourth-order valence-corrected chi connectivity index (χ4v) is 5.30. The van der Waals surface area contributed by atoms with Gasteiger partial charge >= 0.3 is 0 Å². The minimum absolute atomic E-state index is 0.00907. The third kappa shape index (κ3) is 4.99. The first kappa shape index (κ1) is 22.0. The molecule has 2 atom stereocenters. The van der Waals surface area contributed by atoms with E-state index in [-0.39, 0.29) is 35.0 Å². The maximum Gasteiger partial charge on any atom is 0.254 e. The van der Waals surface area contributed by atoms with Crippen LogP contribution in [0.4, 0.5) is 4.39 Å². The van der Waals surface area contributed by atoms with Crippen molar-refractivity contribution in [2.24, 2.45) is 11.8 Å². The lowest BCUT2D eigenvalue weighted by molar-refractivity contribution is -0.133. The highest BCUT2D eigenvalue weighted by atomic mass is 19.1. The average molecular weight is 429 g/mol. The Kier molecular flexibility index (Phi) is 6.73. The van der Waals surface area contributed by atoms with Gasteiger partial charge < -0.3 is 10.2 Å². The molecule has 0 spiro atoms. The average Bonchev–Trinajstić information content (AvgIpc) is 3.63. The number of carbonyl (C=O) groups excluding carboxylic acids is 3. The molecule has 1 saturated heterocycles. The molecular weight excluding hydrogens is 395 g/mol. The summed E-state index contributed by atoms with van der Waals surface area (Å²) in [5.41, 5.74) is 0.489. The van der Waals surface area contributed by atoms with E-state index in [0.29, 0.717) is 12.1 Å². The summed E-state index contributed by atoms with van der Waals surface area (Å²) in [6.45, 7) is 2.74. The molecule has 31 heavy (non-hydrogen) atoms. The van der Waals surface area contributed by atoms with Crippen molar-refractivity contribution >= 4 is 17.6 Å². The predicted octanol–water partition coefficient (Wildman–Crippen LogP) is 4.21. The lowest BCUT2D eigenvalue weighted by Crippen LogP contribution is -2.46. The zero-order valence-corrected chi connectivity index (χ0v) is 18.4. The van der Waals surface area contributed by atoms with Gasteiger partial charge in [-0.15, -0.1) is 0 Å². The number of nitrogens with zero attached hydrogens (tertiary/aromatic N) is 1. The summed E-state index contributed by atoms with van der Waals surface area (Å²) in [7, 11) is 0. The van der Waals surface area contributed by atoms with Crippen LogP contribution in [0.2, 0.25) is 0 Å². The minimum atomic E-state index is -0.558. The van der Waals surface area contributed by atoms with Crippen molar-refractivity contribution in [3.8, 4) is 0 Å². The fraction of sp³-hybridized carbons (Fsp3) is 0.640.